The Bertz CT molecular complexity index is 682. The molecule has 0 atom stereocenters. The topological polar surface area (TPSA) is 45.7 Å². The van der Waals surface area contributed by atoms with Crippen LogP contribution in [-0.2, 0) is 6.42 Å². The van der Waals surface area contributed by atoms with Crippen LogP contribution < -0.4 is 4.74 Å². The molecule has 1 aliphatic heterocycles. The van der Waals surface area contributed by atoms with Crippen LogP contribution in [0.4, 0.5) is 0 Å². The number of piperazine rings is 1. The van der Waals surface area contributed by atoms with E-state index in [1.807, 2.05) is 17.9 Å². The second-order valence-corrected chi connectivity index (χ2v) is 6.16. The van der Waals surface area contributed by atoms with Gasteiger partial charge in [-0.15, -0.1) is 0 Å². The molecule has 1 aromatic heterocycles. The summed E-state index contributed by atoms with van der Waals surface area (Å²) in [5, 5.41) is 0. The Kier molecular flexibility index (Phi) is 6.01. The molecule has 1 amide bonds. The van der Waals surface area contributed by atoms with Crippen LogP contribution in [0.2, 0.25) is 0 Å². The van der Waals surface area contributed by atoms with Crippen molar-refractivity contribution in [3.63, 3.8) is 0 Å². The highest BCUT2D eigenvalue weighted by Gasteiger charge is 2.24. The number of ether oxygens (including phenoxy) is 1. The molecular weight excluding hydrogens is 314 g/mol. The summed E-state index contributed by atoms with van der Waals surface area (Å²) in [7, 11) is 0. The largest absolute Gasteiger partial charge is 0.477 e. The van der Waals surface area contributed by atoms with Crippen molar-refractivity contribution in [1.29, 1.82) is 0 Å². The van der Waals surface area contributed by atoms with Gasteiger partial charge in [0.05, 0.1) is 6.61 Å². The van der Waals surface area contributed by atoms with Crippen molar-refractivity contribution < 1.29 is 9.53 Å². The fraction of sp³-hybridized carbons (Fsp3) is 0.400. The van der Waals surface area contributed by atoms with Gasteiger partial charge in [-0.25, -0.2) is 4.98 Å². The first-order valence-electron chi connectivity index (χ1n) is 8.91. The number of amides is 1. The van der Waals surface area contributed by atoms with E-state index in [4.69, 9.17) is 4.74 Å². The summed E-state index contributed by atoms with van der Waals surface area (Å²) >= 11 is 0. The van der Waals surface area contributed by atoms with Gasteiger partial charge in [-0.05, 0) is 31.0 Å². The number of pyridine rings is 1. The molecule has 2 heterocycles. The fourth-order valence-electron chi connectivity index (χ4n) is 3.08. The molecular formula is C20H25N3O2. The van der Waals surface area contributed by atoms with Crippen LogP contribution in [0.25, 0.3) is 0 Å². The number of carbonyl (C=O) groups excluding carboxylic acids is 1. The zero-order chi connectivity index (χ0) is 17.5. The van der Waals surface area contributed by atoms with E-state index in [2.05, 4.69) is 34.1 Å². The number of nitrogens with zero attached hydrogens (tertiary/aromatic N) is 3. The van der Waals surface area contributed by atoms with E-state index in [9.17, 15) is 4.79 Å². The number of hydrogen-bond acceptors (Lipinski definition) is 4. The maximum absolute atomic E-state index is 12.8. The molecule has 5 nitrogen and oxygen atoms in total. The third-order valence-corrected chi connectivity index (χ3v) is 4.50. The van der Waals surface area contributed by atoms with Crippen molar-refractivity contribution in [3.8, 4) is 5.88 Å². The summed E-state index contributed by atoms with van der Waals surface area (Å²) in [6.07, 6.45) is 2.70. The van der Waals surface area contributed by atoms with Crippen molar-refractivity contribution in [2.24, 2.45) is 0 Å². The van der Waals surface area contributed by atoms with Crippen LogP contribution in [0, 0.1) is 0 Å². The minimum Gasteiger partial charge on any atom is -0.477 e. The third kappa shape index (κ3) is 4.57. The summed E-state index contributed by atoms with van der Waals surface area (Å²) in [4.78, 5) is 21.3. The molecule has 132 valence electrons. The van der Waals surface area contributed by atoms with Gasteiger partial charge in [-0.3, -0.25) is 9.69 Å². The first-order chi connectivity index (χ1) is 12.3. The van der Waals surface area contributed by atoms with Crippen LogP contribution in [-0.4, -0.2) is 60.0 Å². The minimum absolute atomic E-state index is 0.0132. The molecule has 1 fully saturated rings. The predicted octanol–water partition coefficient (Wildman–Crippen LogP) is 2.48. The molecule has 3 rings (SSSR count). The third-order valence-electron chi connectivity index (χ3n) is 4.50. The van der Waals surface area contributed by atoms with Crippen molar-refractivity contribution >= 4 is 5.91 Å². The summed E-state index contributed by atoms with van der Waals surface area (Å²) < 4.78 is 5.49. The lowest BCUT2D eigenvalue weighted by atomic mass is 10.1. The van der Waals surface area contributed by atoms with Crippen molar-refractivity contribution in [2.45, 2.75) is 13.3 Å². The highest BCUT2D eigenvalue weighted by molar-refractivity contribution is 5.96. The number of aromatic nitrogens is 1. The Morgan fingerprint density at radius 3 is 2.56 bits per heavy atom. The maximum atomic E-state index is 12.8. The van der Waals surface area contributed by atoms with Crippen LogP contribution >= 0.6 is 0 Å². The minimum atomic E-state index is 0.0132. The number of rotatable bonds is 6. The van der Waals surface area contributed by atoms with Gasteiger partial charge in [0, 0.05) is 38.9 Å². The fourth-order valence-corrected chi connectivity index (χ4v) is 3.08. The zero-order valence-electron chi connectivity index (χ0n) is 14.7. The second-order valence-electron chi connectivity index (χ2n) is 6.16. The quantitative estimate of drug-likeness (QED) is 0.811. The predicted molar refractivity (Wildman–Crippen MR) is 97.9 cm³/mol. The first kappa shape index (κ1) is 17.4. The normalized spacial score (nSPS) is 15.2. The average Bonchev–Trinajstić information content (AvgIpc) is 2.68. The molecule has 0 unspecified atom stereocenters. The van der Waals surface area contributed by atoms with Crippen LogP contribution in [0.15, 0.2) is 48.7 Å². The summed E-state index contributed by atoms with van der Waals surface area (Å²) in [5.74, 6) is 0.445. The molecule has 0 bridgehead atoms. The van der Waals surface area contributed by atoms with E-state index in [1.165, 1.54) is 5.56 Å². The van der Waals surface area contributed by atoms with Gasteiger partial charge in [0.25, 0.3) is 5.91 Å². The first-order valence-corrected chi connectivity index (χ1v) is 8.91. The molecule has 1 aliphatic rings. The second kappa shape index (κ2) is 8.62. The van der Waals surface area contributed by atoms with E-state index in [-0.39, 0.29) is 5.91 Å². The van der Waals surface area contributed by atoms with Crippen molar-refractivity contribution in [2.75, 3.05) is 39.3 Å². The Balaban J connectivity index is 1.53. The number of benzene rings is 1. The van der Waals surface area contributed by atoms with Crippen LogP contribution in [0.3, 0.4) is 0 Å². The van der Waals surface area contributed by atoms with E-state index in [1.54, 1.807) is 18.3 Å². The van der Waals surface area contributed by atoms with Crippen LogP contribution in [0.5, 0.6) is 5.88 Å². The van der Waals surface area contributed by atoms with Gasteiger partial charge < -0.3 is 9.64 Å². The summed E-state index contributed by atoms with van der Waals surface area (Å²) in [6.45, 7) is 6.73. The smallest absolute Gasteiger partial charge is 0.259 e. The summed E-state index contributed by atoms with van der Waals surface area (Å²) in [5.41, 5.74) is 1.92. The van der Waals surface area contributed by atoms with Gasteiger partial charge in [-0.2, -0.15) is 0 Å². The summed E-state index contributed by atoms with van der Waals surface area (Å²) in [6, 6.07) is 14.1. The Morgan fingerprint density at radius 1 is 1.08 bits per heavy atom. The maximum Gasteiger partial charge on any atom is 0.259 e. The molecule has 0 aliphatic carbocycles. The Labute approximate surface area is 149 Å². The van der Waals surface area contributed by atoms with Gasteiger partial charge in [0.2, 0.25) is 5.88 Å². The molecule has 1 aromatic carbocycles. The van der Waals surface area contributed by atoms with E-state index < -0.39 is 0 Å². The molecule has 0 saturated carbocycles. The SMILES string of the molecule is CCOc1ncccc1C(=O)N1CCN(CCc2ccccc2)CC1. The van der Waals surface area contributed by atoms with Gasteiger partial charge >= 0.3 is 0 Å². The van der Waals surface area contributed by atoms with Crippen LogP contribution in [0.1, 0.15) is 22.8 Å². The average molecular weight is 339 g/mol. The van der Waals surface area contributed by atoms with Gasteiger partial charge in [0.15, 0.2) is 0 Å². The molecule has 5 heteroatoms. The standard InChI is InChI=1S/C20H25N3O2/c1-2-25-19-18(9-6-11-21-19)20(24)23-15-13-22(14-16-23)12-10-17-7-4-3-5-8-17/h3-9,11H,2,10,12-16H2,1H3. The van der Waals surface area contributed by atoms with Gasteiger partial charge in [-0.1, -0.05) is 30.3 Å². The lowest BCUT2D eigenvalue weighted by Gasteiger charge is -2.34. The molecule has 1 saturated heterocycles. The van der Waals surface area contributed by atoms with Crippen molar-refractivity contribution in [1.82, 2.24) is 14.8 Å². The molecule has 0 spiro atoms. The molecule has 2 aromatic rings. The van der Waals surface area contributed by atoms with E-state index >= 15 is 0 Å². The number of carbonyl (C=O) groups is 1. The Hall–Kier alpha value is -2.40. The Morgan fingerprint density at radius 2 is 1.84 bits per heavy atom. The highest BCUT2D eigenvalue weighted by atomic mass is 16.5. The highest BCUT2D eigenvalue weighted by Crippen LogP contribution is 2.18. The molecule has 0 N–H and O–H groups in total. The molecule has 0 radical (unpaired) electrons. The van der Waals surface area contributed by atoms with Crippen molar-refractivity contribution in [3.05, 3.63) is 59.8 Å². The lowest BCUT2D eigenvalue weighted by molar-refractivity contribution is 0.0633. The van der Waals surface area contributed by atoms with E-state index in [0.717, 1.165) is 39.1 Å². The lowest BCUT2D eigenvalue weighted by Crippen LogP contribution is -2.49. The molecule has 25 heavy (non-hydrogen) atoms. The number of hydrogen-bond donors (Lipinski definition) is 0. The monoisotopic (exact) mass is 339 g/mol. The van der Waals surface area contributed by atoms with Gasteiger partial charge in [0.1, 0.15) is 5.56 Å². The zero-order valence-corrected chi connectivity index (χ0v) is 14.7. The van der Waals surface area contributed by atoms with E-state index in [0.29, 0.717) is 18.1 Å².